The Labute approximate surface area is 107 Å². The predicted molar refractivity (Wildman–Crippen MR) is 64.0 cm³/mol. The molecule has 1 aliphatic heterocycles. The van der Waals surface area contributed by atoms with Crippen molar-refractivity contribution >= 4 is 21.8 Å². The minimum absolute atomic E-state index is 0.143. The number of rotatable bonds is 2. The standard InChI is InChI=1S/C12H12BrF2NO/c13-8-4-5-16(7-8)12(17)6-9-10(14)2-1-3-11(9)15/h1-3,8H,4-7H2. The molecule has 1 atom stereocenters. The molecule has 1 fully saturated rings. The van der Waals surface area contributed by atoms with Gasteiger partial charge in [-0.25, -0.2) is 8.78 Å². The average Bonchev–Trinajstić information content (AvgIpc) is 2.70. The van der Waals surface area contributed by atoms with Crippen LogP contribution in [-0.2, 0) is 11.2 Å². The average molecular weight is 304 g/mol. The molecule has 0 bridgehead atoms. The molecule has 5 heteroatoms. The second-order valence-electron chi connectivity index (χ2n) is 4.10. The Morgan fingerprint density at radius 3 is 2.59 bits per heavy atom. The summed E-state index contributed by atoms with van der Waals surface area (Å²) in [6.45, 7) is 1.25. The summed E-state index contributed by atoms with van der Waals surface area (Å²) in [6, 6.07) is 3.63. The number of alkyl halides is 1. The van der Waals surface area contributed by atoms with Crippen molar-refractivity contribution in [3.8, 4) is 0 Å². The van der Waals surface area contributed by atoms with Crippen LogP contribution in [0.25, 0.3) is 0 Å². The zero-order valence-corrected chi connectivity index (χ0v) is 10.7. The van der Waals surface area contributed by atoms with Crippen LogP contribution >= 0.6 is 15.9 Å². The van der Waals surface area contributed by atoms with Gasteiger partial charge in [0.25, 0.3) is 0 Å². The summed E-state index contributed by atoms with van der Waals surface area (Å²) in [7, 11) is 0. The van der Waals surface area contributed by atoms with Gasteiger partial charge in [-0.2, -0.15) is 0 Å². The molecule has 0 saturated carbocycles. The zero-order chi connectivity index (χ0) is 12.4. The van der Waals surface area contributed by atoms with Crippen LogP contribution in [-0.4, -0.2) is 28.7 Å². The van der Waals surface area contributed by atoms with E-state index in [4.69, 9.17) is 0 Å². The highest BCUT2D eigenvalue weighted by Gasteiger charge is 2.25. The van der Waals surface area contributed by atoms with Crippen LogP contribution in [0.5, 0.6) is 0 Å². The molecule has 2 nitrogen and oxygen atoms in total. The van der Waals surface area contributed by atoms with Crippen molar-refractivity contribution in [2.75, 3.05) is 13.1 Å². The minimum atomic E-state index is -0.659. The van der Waals surface area contributed by atoms with E-state index in [1.54, 1.807) is 4.90 Å². The van der Waals surface area contributed by atoms with Gasteiger partial charge in [0, 0.05) is 23.5 Å². The molecule has 0 aliphatic carbocycles. The monoisotopic (exact) mass is 303 g/mol. The Hall–Kier alpha value is -0.970. The molecule has 1 saturated heterocycles. The van der Waals surface area contributed by atoms with Crippen molar-refractivity contribution < 1.29 is 13.6 Å². The lowest BCUT2D eigenvalue weighted by Gasteiger charge is -2.15. The Bertz CT molecular complexity index is 418. The van der Waals surface area contributed by atoms with Crippen molar-refractivity contribution in [1.82, 2.24) is 4.90 Å². The first-order valence-corrected chi connectivity index (χ1v) is 6.34. The van der Waals surface area contributed by atoms with Crippen molar-refractivity contribution in [3.63, 3.8) is 0 Å². The molecule has 92 valence electrons. The maximum Gasteiger partial charge on any atom is 0.227 e. The number of amides is 1. The van der Waals surface area contributed by atoms with E-state index in [2.05, 4.69) is 15.9 Å². The van der Waals surface area contributed by atoms with E-state index in [0.29, 0.717) is 13.1 Å². The second kappa shape index (κ2) is 5.12. The molecule has 0 aromatic heterocycles. The van der Waals surface area contributed by atoms with Crippen LogP contribution in [0.4, 0.5) is 8.78 Å². The number of nitrogens with zero attached hydrogens (tertiary/aromatic N) is 1. The van der Waals surface area contributed by atoms with E-state index < -0.39 is 11.6 Å². The first-order valence-electron chi connectivity index (χ1n) is 5.42. The van der Waals surface area contributed by atoms with Crippen LogP contribution in [0.3, 0.4) is 0 Å². The largest absolute Gasteiger partial charge is 0.341 e. The van der Waals surface area contributed by atoms with E-state index in [9.17, 15) is 13.6 Å². The molecule has 1 aromatic carbocycles. The number of halogens is 3. The van der Waals surface area contributed by atoms with E-state index in [1.165, 1.54) is 18.2 Å². The highest BCUT2D eigenvalue weighted by Crippen LogP contribution is 2.19. The summed E-state index contributed by atoms with van der Waals surface area (Å²) in [6.07, 6.45) is 0.670. The third kappa shape index (κ3) is 2.83. The lowest BCUT2D eigenvalue weighted by atomic mass is 10.1. The molecule has 1 aromatic rings. The van der Waals surface area contributed by atoms with Crippen LogP contribution in [0.2, 0.25) is 0 Å². The maximum absolute atomic E-state index is 13.4. The zero-order valence-electron chi connectivity index (χ0n) is 9.13. The Morgan fingerprint density at radius 1 is 1.41 bits per heavy atom. The van der Waals surface area contributed by atoms with E-state index >= 15 is 0 Å². The highest BCUT2D eigenvalue weighted by molar-refractivity contribution is 9.09. The van der Waals surface area contributed by atoms with E-state index in [0.717, 1.165) is 6.42 Å². The van der Waals surface area contributed by atoms with Gasteiger partial charge < -0.3 is 4.90 Å². The summed E-state index contributed by atoms with van der Waals surface area (Å²) >= 11 is 3.42. The van der Waals surface area contributed by atoms with Gasteiger partial charge in [0.05, 0.1) is 6.42 Å². The summed E-state index contributed by atoms with van der Waals surface area (Å²) in [5, 5.41) is 0. The number of hydrogen-bond donors (Lipinski definition) is 0. The van der Waals surface area contributed by atoms with E-state index in [1.807, 2.05) is 0 Å². The van der Waals surface area contributed by atoms with Crippen LogP contribution in [0, 0.1) is 11.6 Å². The smallest absolute Gasteiger partial charge is 0.227 e. The topological polar surface area (TPSA) is 20.3 Å². The lowest BCUT2D eigenvalue weighted by Crippen LogP contribution is -2.30. The van der Waals surface area contributed by atoms with Crippen molar-refractivity contribution in [2.45, 2.75) is 17.7 Å². The molecule has 1 amide bonds. The van der Waals surface area contributed by atoms with Gasteiger partial charge in [0.15, 0.2) is 0 Å². The number of hydrogen-bond acceptors (Lipinski definition) is 1. The summed E-state index contributed by atoms with van der Waals surface area (Å²) in [5.74, 6) is -1.54. The van der Waals surface area contributed by atoms with Crippen LogP contribution < -0.4 is 0 Å². The number of likely N-dealkylation sites (tertiary alicyclic amines) is 1. The molecule has 17 heavy (non-hydrogen) atoms. The minimum Gasteiger partial charge on any atom is -0.341 e. The number of carbonyl (C=O) groups is 1. The van der Waals surface area contributed by atoms with E-state index in [-0.39, 0.29) is 22.7 Å². The first kappa shape index (κ1) is 12.5. The second-order valence-corrected chi connectivity index (χ2v) is 5.40. The molecule has 0 spiro atoms. The molecule has 1 unspecified atom stereocenters. The SMILES string of the molecule is O=C(Cc1c(F)cccc1F)N1CCC(Br)C1. The Morgan fingerprint density at radius 2 is 2.06 bits per heavy atom. The van der Waals surface area contributed by atoms with Gasteiger partial charge in [-0.3, -0.25) is 4.79 Å². The summed E-state index contributed by atoms with van der Waals surface area (Å²) in [4.78, 5) is 13.8. The summed E-state index contributed by atoms with van der Waals surface area (Å²) in [5.41, 5.74) is -0.143. The predicted octanol–water partition coefficient (Wildman–Crippen LogP) is 2.50. The normalized spacial score (nSPS) is 19.7. The van der Waals surface area contributed by atoms with Gasteiger partial charge in [-0.05, 0) is 18.6 Å². The third-order valence-electron chi connectivity index (χ3n) is 2.87. The van der Waals surface area contributed by atoms with Crippen molar-refractivity contribution in [3.05, 3.63) is 35.4 Å². The van der Waals surface area contributed by atoms with Gasteiger partial charge in [-0.1, -0.05) is 22.0 Å². The van der Waals surface area contributed by atoms with Gasteiger partial charge >= 0.3 is 0 Å². The quantitative estimate of drug-likeness (QED) is 0.769. The lowest BCUT2D eigenvalue weighted by molar-refractivity contribution is -0.129. The summed E-state index contributed by atoms with van der Waals surface area (Å²) < 4.78 is 26.7. The third-order valence-corrected chi connectivity index (χ3v) is 3.62. The molecule has 1 heterocycles. The van der Waals surface area contributed by atoms with Crippen molar-refractivity contribution in [2.24, 2.45) is 0 Å². The van der Waals surface area contributed by atoms with Gasteiger partial charge in [-0.15, -0.1) is 0 Å². The fourth-order valence-electron chi connectivity index (χ4n) is 1.91. The van der Waals surface area contributed by atoms with Gasteiger partial charge in [0.1, 0.15) is 11.6 Å². The molecule has 0 N–H and O–H groups in total. The molecule has 2 rings (SSSR count). The van der Waals surface area contributed by atoms with Gasteiger partial charge in [0.2, 0.25) is 5.91 Å². The number of carbonyl (C=O) groups excluding carboxylic acids is 1. The maximum atomic E-state index is 13.4. The van der Waals surface area contributed by atoms with Crippen LogP contribution in [0.1, 0.15) is 12.0 Å². The Kier molecular flexibility index (Phi) is 3.76. The Balaban J connectivity index is 2.08. The van der Waals surface area contributed by atoms with Crippen molar-refractivity contribution in [1.29, 1.82) is 0 Å². The molecular formula is C12H12BrF2NO. The fraction of sp³-hybridized carbons (Fsp3) is 0.417. The molecule has 1 aliphatic rings. The number of benzene rings is 1. The molecule has 0 radical (unpaired) electrons. The molecular weight excluding hydrogens is 292 g/mol. The highest BCUT2D eigenvalue weighted by atomic mass is 79.9. The first-order chi connectivity index (χ1) is 8.08. The van der Waals surface area contributed by atoms with Crippen LogP contribution in [0.15, 0.2) is 18.2 Å². The fourth-order valence-corrected chi connectivity index (χ4v) is 2.46.